The van der Waals surface area contributed by atoms with Gasteiger partial charge in [-0.15, -0.1) is 0 Å². The summed E-state index contributed by atoms with van der Waals surface area (Å²) in [5.41, 5.74) is 5.94. The Morgan fingerprint density at radius 2 is 2.16 bits per heavy atom. The van der Waals surface area contributed by atoms with Gasteiger partial charge in [-0.25, -0.2) is 18.5 Å². The maximum absolute atomic E-state index is 11.1. The lowest BCUT2D eigenvalue weighted by Crippen LogP contribution is -2.31. The van der Waals surface area contributed by atoms with Gasteiger partial charge >= 0.3 is 0 Å². The minimum Gasteiger partial charge on any atom is -0.370 e. The molecule has 0 spiro atoms. The summed E-state index contributed by atoms with van der Waals surface area (Å²) in [5.74, 6) is 1.22. The second-order valence-corrected chi connectivity index (χ2v) is 6.66. The van der Waals surface area contributed by atoms with Gasteiger partial charge in [0.15, 0.2) is 0 Å². The lowest BCUT2D eigenvalue weighted by Gasteiger charge is -2.26. The minimum absolute atomic E-state index is 0.0257. The first-order valence-corrected chi connectivity index (χ1v) is 7.98. The van der Waals surface area contributed by atoms with Gasteiger partial charge in [-0.1, -0.05) is 6.42 Å². The van der Waals surface area contributed by atoms with Crippen molar-refractivity contribution in [3.63, 3.8) is 0 Å². The van der Waals surface area contributed by atoms with E-state index < -0.39 is 10.0 Å². The lowest BCUT2D eigenvalue weighted by atomic mass is 9.86. The van der Waals surface area contributed by atoms with E-state index in [-0.39, 0.29) is 4.90 Å². The summed E-state index contributed by atoms with van der Waals surface area (Å²) in [4.78, 5) is 4.07. The molecule has 0 aliphatic heterocycles. The number of pyridine rings is 1. The van der Waals surface area contributed by atoms with Crippen LogP contribution in [0.15, 0.2) is 23.2 Å². The Morgan fingerprint density at radius 1 is 1.37 bits per heavy atom. The van der Waals surface area contributed by atoms with Gasteiger partial charge in [0.2, 0.25) is 10.0 Å². The maximum atomic E-state index is 11.1. The standard InChI is InChI=1S/C12H20N4O2S/c13-10-3-1-2-9(6-10)7-15-12-5-4-11(8-16-12)19(14,17)18/h4-5,8-10H,1-3,6-7,13H2,(H,15,16)(H2,14,17,18). The minimum atomic E-state index is -3.67. The molecule has 1 fully saturated rings. The van der Waals surface area contributed by atoms with Crippen molar-refractivity contribution in [3.8, 4) is 0 Å². The van der Waals surface area contributed by atoms with Crippen LogP contribution in [0, 0.1) is 5.92 Å². The van der Waals surface area contributed by atoms with E-state index in [9.17, 15) is 8.42 Å². The number of nitrogens with one attached hydrogen (secondary N) is 1. The van der Waals surface area contributed by atoms with Crippen LogP contribution in [0.5, 0.6) is 0 Å². The second-order valence-electron chi connectivity index (χ2n) is 5.10. The predicted molar refractivity (Wildman–Crippen MR) is 74.0 cm³/mol. The van der Waals surface area contributed by atoms with Crippen molar-refractivity contribution in [2.45, 2.75) is 36.6 Å². The third-order valence-electron chi connectivity index (χ3n) is 3.46. The van der Waals surface area contributed by atoms with E-state index in [0.717, 1.165) is 19.4 Å². The van der Waals surface area contributed by atoms with Gasteiger partial charge in [0.25, 0.3) is 0 Å². The Kier molecular flexibility index (Phi) is 4.38. The number of aromatic nitrogens is 1. The van der Waals surface area contributed by atoms with Gasteiger partial charge in [-0.2, -0.15) is 0 Å². The summed E-state index contributed by atoms with van der Waals surface area (Å²) < 4.78 is 22.2. The molecule has 0 bridgehead atoms. The molecule has 6 nitrogen and oxygen atoms in total. The molecule has 0 aromatic carbocycles. The summed E-state index contributed by atoms with van der Waals surface area (Å²) >= 11 is 0. The van der Waals surface area contributed by atoms with Crippen LogP contribution in [0.4, 0.5) is 5.82 Å². The average molecular weight is 284 g/mol. The Bertz CT molecular complexity index is 515. The summed E-state index contributed by atoms with van der Waals surface area (Å²) in [7, 11) is -3.67. The fourth-order valence-corrected chi connectivity index (χ4v) is 2.88. The zero-order chi connectivity index (χ0) is 13.9. The number of anilines is 1. The molecule has 1 aliphatic carbocycles. The SMILES string of the molecule is NC1CCCC(CNc2ccc(S(N)(=O)=O)cn2)C1. The van der Waals surface area contributed by atoms with Crippen LogP contribution in [0.1, 0.15) is 25.7 Å². The molecule has 1 aliphatic rings. The van der Waals surface area contributed by atoms with Crippen molar-refractivity contribution in [2.75, 3.05) is 11.9 Å². The highest BCUT2D eigenvalue weighted by Gasteiger charge is 2.19. The molecule has 19 heavy (non-hydrogen) atoms. The molecular formula is C12H20N4O2S. The van der Waals surface area contributed by atoms with E-state index in [0.29, 0.717) is 17.8 Å². The quantitative estimate of drug-likeness (QED) is 0.752. The van der Waals surface area contributed by atoms with Crippen LogP contribution in [-0.4, -0.2) is 26.0 Å². The zero-order valence-corrected chi connectivity index (χ0v) is 11.6. The highest BCUT2D eigenvalue weighted by atomic mass is 32.2. The first-order valence-electron chi connectivity index (χ1n) is 6.43. The molecule has 0 amide bonds. The van der Waals surface area contributed by atoms with Crippen LogP contribution in [0.25, 0.3) is 0 Å². The maximum Gasteiger partial charge on any atom is 0.239 e. The number of hydrogen-bond acceptors (Lipinski definition) is 5. The van der Waals surface area contributed by atoms with Crippen LogP contribution in [0.3, 0.4) is 0 Å². The Labute approximate surface area is 113 Å². The molecule has 5 N–H and O–H groups in total. The molecule has 1 saturated carbocycles. The van der Waals surface area contributed by atoms with E-state index >= 15 is 0 Å². The number of nitrogens with zero attached hydrogens (tertiary/aromatic N) is 1. The molecule has 2 unspecified atom stereocenters. The van der Waals surface area contributed by atoms with E-state index in [4.69, 9.17) is 10.9 Å². The Hall–Kier alpha value is -1.18. The van der Waals surface area contributed by atoms with Crippen molar-refractivity contribution in [1.82, 2.24) is 4.98 Å². The second kappa shape index (κ2) is 5.85. The number of primary sulfonamides is 1. The van der Waals surface area contributed by atoms with E-state index in [1.54, 1.807) is 6.07 Å². The molecule has 1 aromatic rings. The van der Waals surface area contributed by atoms with Crippen molar-refractivity contribution in [2.24, 2.45) is 16.8 Å². The predicted octanol–water partition coefficient (Wildman–Crippen LogP) is 0.658. The normalized spacial score (nSPS) is 24.1. The van der Waals surface area contributed by atoms with Crippen molar-refractivity contribution < 1.29 is 8.42 Å². The number of nitrogens with two attached hydrogens (primary N) is 2. The van der Waals surface area contributed by atoms with Gasteiger partial charge < -0.3 is 11.1 Å². The largest absolute Gasteiger partial charge is 0.370 e. The van der Waals surface area contributed by atoms with Gasteiger partial charge in [0.05, 0.1) is 0 Å². The zero-order valence-electron chi connectivity index (χ0n) is 10.7. The molecule has 0 radical (unpaired) electrons. The van der Waals surface area contributed by atoms with Gasteiger partial charge in [-0.3, -0.25) is 0 Å². The van der Waals surface area contributed by atoms with Crippen molar-refractivity contribution in [1.29, 1.82) is 0 Å². The molecule has 1 heterocycles. The Balaban J connectivity index is 1.89. The summed E-state index contributed by atoms with van der Waals surface area (Å²) in [6, 6.07) is 3.39. The van der Waals surface area contributed by atoms with Crippen LogP contribution in [-0.2, 0) is 10.0 Å². The highest BCUT2D eigenvalue weighted by molar-refractivity contribution is 7.89. The van der Waals surface area contributed by atoms with Crippen LogP contribution in [0.2, 0.25) is 0 Å². The molecule has 2 atom stereocenters. The van der Waals surface area contributed by atoms with E-state index in [2.05, 4.69) is 10.3 Å². The molecular weight excluding hydrogens is 264 g/mol. The van der Waals surface area contributed by atoms with Crippen molar-refractivity contribution >= 4 is 15.8 Å². The molecule has 0 saturated heterocycles. The number of sulfonamides is 1. The van der Waals surface area contributed by atoms with Crippen molar-refractivity contribution in [3.05, 3.63) is 18.3 Å². The molecule has 2 rings (SSSR count). The Morgan fingerprint density at radius 3 is 2.74 bits per heavy atom. The third kappa shape index (κ3) is 4.15. The first kappa shape index (κ1) is 14.2. The fraction of sp³-hybridized carbons (Fsp3) is 0.583. The van der Waals surface area contributed by atoms with Crippen LogP contribution < -0.4 is 16.2 Å². The fourth-order valence-electron chi connectivity index (χ4n) is 2.42. The molecule has 106 valence electrons. The van der Waals surface area contributed by atoms with Gasteiger partial charge in [0.1, 0.15) is 10.7 Å². The lowest BCUT2D eigenvalue weighted by molar-refractivity contribution is 0.335. The van der Waals surface area contributed by atoms with Crippen LogP contribution >= 0.6 is 0 Å². The van der Waals surface area contributed by atoms with E-state index in [1.165, 1.54) is 25.1 Å². The van der Waals surface area contributed by atoms with Gasteiger partial charge in [-0.05, 0) is 37.3 Å². The third-order valence-corrected chi connectivity index (χ3v) is 4.36. The monoisotopic (exact) mass is 284 g/mol. The molecule has 1 aromatic heterocycles. The average Bonchev–Trinajstić information content (AvgIpc) is 2.36. The van der Waals surface area contributed by atoms with Gasteiger partial charge in [0, 0.05) is 18.8 Å². The summed E-state index contributed by atoms with van der Waals surface area (Å²) in [6.07, 6.45) is 5.76. The molecule has 7 heteroatoms. The summed E-state index contributed by atoms with van der Waals surface area (Å²) in [5, 5.41) is 8.22. The smallest absolute Gasteiger partial charge is 0.239 e. The van der Waals surface area contributed by atoms with E-state index in [1.807, 2.05) is 0 Å². The highest BCUT2D eigenvalue weighted by Crippen LogP contribution is 2.23. The first-order chi connectivity index (χ1) is 8.95. The topological polar surface area (TPSA) is 111 Å². The number of hydrogen-bond donors (Lipinski definition) is 3. The summed E-state index contributed by atoms with van der Waals surface area (Å²) in [6.45, 7) is 0.815. The number of rotatable bonds is 4.